The van der Waals surface area contributed by atoms with Crippen molar-refractivity contribution in [1.29, 1.82) is 0 Å². The van der Waals surface area contributed by atoms with Gasteiger partial charge in [0, 0.05) is 33.2 Å². The van der Waals surface area contributed by atoms with E-state index in [1.54, 1.807) is 0 Å². The van der Waals surface area contributed by atoms with Gasteiger partial charge in [0.05, 0.1) is 11.0 Å². The van der Waals surface area contributed by atoms with Crippen molar-refractivity contribution < 1.29 is 0 Å². The Morgan fingerprint density at radius 1 is 0.279 bits per heavy atom. The maximum atomic E-state index is 5.18. The van der Waals surface area contributed by atoms with Gasteiger partial charge in [-0.1, -0.05) is 188 Å². The van der Waals surface area contributed by atoms with Gasteiger partial charge >= 0.3 is 0 Å². The fourth-order valence-electron chi connectivity index (χ4n) is 9.17. The lowest BCUT2D eigenvalue weighted by Gasteiger charge is -2.13. The Hall–Kier alpha value is -8.21. The van der Waals surface area contributed by atoms with Crippen LogP contribution in [0.2, 0.25) is 0 Å². The molecule has 0 bridgehead atoms. The molecule has 0 radical (unpaired) electrons. The molecule has 0 aliphatic heterocycles. The first kappa shape index (κ1) is 34.8. The normalized spacial score (nSPS) is 11.6. The van der Waals surface area contributed by atoms with Crippen LogP contribution in [0.25, 0.3) is 116 Å². The lowest BCUT2D eigenvalue weighted by atomic mass is 9.94. The molecule has 0 spiro atoms. The Labute approximate surface area is 352 Å². The smallest absolute Gasteiger partial charge is 0.164 e. The van der Waals surface area contributed by atoms with E-state index in [9.17, 15) is 0 Å². The van der Waals surface area contributed by atoms with E-state index in [2.05, 4.69) is 205 Å². The summed E-state index contributed by atoms with van der Waals surface area (Å²) in [5.74, 6) is 1.91. The molecule has 0 saturated carbocycles. The lowest BCUT2D eigenvalue weighted by Crippen LogP contribution is -2.00. The van der Waals surface area contributed by atoms with Gasteiger partial charge < -0.3 is 4.57 Å². The molecule has 4 heteroatoms. The van der Waals surface area contributed by atoms with Crippen molar-refractivity contribution in [2.45, 2.75) is 0 Å². The van der Waals surface area contributed by atoms with Crippen molar-refractivity contribution in [3.05, 3.63) is 218 Å². The van der Waals surface area contributed by atoms with Crippen LogP contribution < -0.4 is 0 Å². The Kier molecular flexibility index (Phi) is 8.13. The van der Waals surface area contributed by atoms with Crippen LogP contribution in [0.5, 0.6) is 0 Å². The molecule has 284 valence electrons. The molecule has 2 aromatic heterocycles. The summed E-state index contributed by atoms with van der Waals surface area (Å²) in [6.07, 6.45) is 0. The van der Waals surface area contributed by atoms with Gasteiger partial charge in [0.1, 0.15) is 0 Å². The zero-order chi connectivity index (χ0) is 40.3. The van der Waals surface area contributed by atoms with E-state index in [-0.39, 0.29) is 0 Å². The van der Waals surface area contributed by atoms with Gasteiger partial charge in [-0.2, -0.15) is 0 Å². The minimum atomic E-state index is 0.630. The Morgan fingerprint density at radius 3 is 1.36 bits per heavy atom. The maximum Gasteiger partial charge on any atom is 0.164 e. The summed E-state index contributed by atoms with van der Waals surface area (Å²) in [7, 11) is 0. The molecule has 0 atom stereocenters. The minimum Gasteiger partial charge on any atom is -0.309 e. The Morgan fingerprint density at radius 2 is 0.738 bits per heavy atom. The summed E-state index contributed by atoms with van der Waals surface area (Å²) in [4.78, 5) is 15.4. The highest BCUT2D eigenvalue weighted by molar-refractivity contribution is 6.28. The largest absolute Gasteiger partial charge is 0.309 e. The third kappa shape index (κ3) is 5.88. The third-order valence-corrected chi connectivity index (χ3v) is 12.0. The highest BCUT2D eigenvalue weighted by atomic mass is 15.0. The standard InChI is InChI=1S/C57H36N4/c1-3-14-38(15-4-1)45-32-33-50(49-25-12-11-24-48(45)49)57-59-55(41-18-5-2-6-19-41)58-56(60-57)42-28-26-37(27-29-42)43-20-13-21-44(36-43)61-51-34-30-39-16-7-9-22-46(39)53(51)54-47-23-10-8-17-40(47)31-35-52(54)61/h1-36H. The average Bonchev–Trinajstić information content (AvgIpc) is 3.70. The number of hydrogen-bond donors (Lipinski definition) is 0. The molecule has 10 aromatic carbocycles. The fraction of sp³-hybridized carbons (Fsp3) is 0. The van der Waals surface area contributed by atoms with Crippen LogP contribution in [0.1, 0.15) is 0 Å². The number of nitrogens with zero attached hydrogens (tertiary/aromatic N) is 4. The van der Waals surface area contributed by atoms with Crippen molar-refractivity contribution >= 4 is 54.1 Å². The number of benzene rings is 10. The minimum absolute atomic E-state index is 0.630. The van der Waals surface area contributed by atoms with Gasteiger partial charge in [0.2, 0.25) is 0 Å². The van der Waals surface area contributed by atoms with Gasteiger partial charge in [-0.15, -0.1) is 0 Å². The van der Waals surface area contributed by atoms with Crippen LogP contribution in [-0.2, 0) is 0 Å². The first-order valence-electron chi connectivity index (χ1n) is 20.7. The van der Waals surface area contributed by atoms with Crippen LogP contribution >= 0.6 is 0 Å². The van der Waals surface area contributed by atoms with Crippen molar-refractivity contribution in [2.24, 2.45) is 0 Å². The molecule has 0 aliphatic carbocycles. The zero-order valence-electron chi connectivity index (χ0n) is 33.1. The fourth-order valence-corrected chi connectivity index (χ4v) is 9.17. The Balaban J connectivity index is 0.969. The first-order chi connectivity index (χ1) is 30.2. The van der Waals surface area contributed by atoms with Gasteiger partial charge in [0.25, 0.3) is 0 Å². The quantitative estimate of drug-likeness (QED) is 0.169. The summed E-state index contributed by atoms with van der Waals surface area (Å²) in [5, 5.41) is 9.83. The monoisotopic (exact) mass is 776 g/mol. The molecule has 2 heterocycles. The van der Waals surface area contributed by atoms with E-state index < -0.39 is 0 Å². The van der Waals surface area contributed by atoms with E-state index in [0.29, 0.717) is 17.5 Å². The summed E-state index contributed by atoms with van der Waals surface area (Å²) in [6.45, 7) is 0. The molecule has 12 rings (SSSR count). The molecule has 0 amide bonds. The topological polar surface area (TPSA) is 43.6 Å². The van der Waals surface area contributed by atoms with Crippen LogP contribution in [0.3, 0.4) is 0 Å². The highest BCUT2D eigenvalue weighted by Gasteiger charge is 2.19. The SMILES string of the molecule is c1ccc(-c2nc(-c3ccc(-c4cccc(-n5c6ccc7ccccc7c6c6c7ccccc7ccc65)c4)cc3)nc(-c3ccc(-c4ccccc4)c4ccccc34)n2)cc1. The molecule has 0 saturated heterocycles. The number of fused-ring (bicyclic) bond motifs is 8. The van der Waals surface area contributed by atoms with Crippen LogP contribution in [0, 0.1) is 0 Å². The third-order valence-electron chi connectivity index (χ3n) is 12.0. The van der Waals surface area contributed by atoms with Crippen molar-refractivity contribution in [1.82, 2.24) is 19.5 Å². The van der Waals surface area contributed by atoms with Crippen LogP contribution in [0.15, 0.2) is 218 Å². The van der Waals surface area contributed by atoms with Gasteiger partial charge in [-0.05, 0) is 84.9 Å². The van der Waals surface area contributed by atoms with E-state index in [1.165, 1.54) is 54.5 Å². The molecule has 0 aliphatic rings. The molecular formula is C57H36N4. The van der Waals surface area contributed by atoms with Crippen molar-refractivity contribution in [3.8, 4) is 62.1 Å². The second kappa shape index (κ2) is 14.3. The molecule has 0 unspecified atom stereocenters. The predicted molar refractivity (Wildman–Crippen MR) is 254 cm³/mol. The molecule has 0 fully saturated rings. The number of hydrogen-bond acceptors (Lipinski definition) is 3. The Bertz CT molecular complexity index is 3530. The van der Waals surface area contributed by atoms with Crippen molar-refractivity contribution in [2.75, 3.05) is 0 Å². The molecular weight excluding hydrogens is 741 g/mol. The summed E-state index contributed by atoms with van der Waals surface area (Å²) < 4.78 is 2.43. The predicted octanol–water partition coefficient (Wildman–Crippen LogP) is 14.8. The van der Waals surface area contributed by atoms with Gasteiger partial charge in [-0.25, -0.2) is 15.0 Å². The first-order valence-corrected chi connectivity index (χ1v) is 20.7. The highest BCUT2D eigenvalue weighted by Crippen LogP contribution is 2.41. The van der Waals surface area contributed by atoms with Crippen LogP contribution in [0.4, 0.5) is 0 Å². The maximum absolute atomic E-state index is 5.18. The second-order valence-electron chi connectivity index (χ2n) is 15.6. The van der Waals surface area contributed by atoms with Gasteiger partial charge in [0.15, 0.2) is 17.5 Å². The van der Waals surface area contributed by atoms with Crippen LogP contribution in [-0.4, -0.2) is 19.5 Å². The zero-order valence-corrected chi connectivity index (χ0v) is 33.1. The molecule has 12 aromatic rings. The molecule has 0 N–H and O–H groups in total. The summed E-state index contributed by atoms with van der Waals surface area (Å²) in [5.41, 5.74) is 10.9. The molecule has 4 nitrogen and oxygen atoms in total. The van der Waals surface area contributed by atoms with Crippen molar-refractivity contribution in [3.63, 3.8) is 0 Å². The van der Waals surface area contributed by atoms with E-state index in [0.717, 1.165) is 44.3 Å². The van der Waals surface area contributed by atoms with E-state index >= 15 is 0 Å². The lowest BCUT2D eigenvalue weighted by molar-refractivity contribution is 1.08. The van der Waals surface area contributed by atoms with E-state index in [1.807, 2.05) is 18.2 Å². The van der Waals surface area contributed by atoms with E-state index in [4.69, 9.17) is 15.0 Å². The molecule has 61 heavy (non-hydrogen) atoms. The average molecular weight is 777 g/mol. The number of rotatable bonds is 6. The summed E-state index contributed by atoms with van der Waals surface area (Å²) >= 11 is 0. The summed E-state index contributed by atoms with van der Waals surface area (Å²) in [6, 6.07) is 77.5. The van der Waals surface area contributed by atoms with Gasteiger partial charge in [-0.3, -0.25) is 0 Å². The second-order valence-corrected chi connectivity index (χ2v) is 15.6. The number of aromatic nitrogens is 4.